The molecule has 5 rings (SSSR count). The summed E-state index contributed by atoms with van der Waals surface area (Å²) >= 11 is 0. The molecule has 0 unspecified atom stereocenters. The molecule has 0 amide bonds. The number of rotatable bonds is 6. The minimum Gasteiger partial charge on any atom is -0.497 e. The van der Waals surface area contributed by atoms with Gasteiger partial charge in [-0.3, -0.25) is 4.79 Å². The van der Waals surface area contributed by atoms with Gasteiger partial charge in [0.1, 0.15) is 23.0 Å². The Morgan fingerprint density at radius 1 is 0.929 bits per heavy atom. The van der Waals surface area contributed by atoms with Gasteiger partial charge in [0.15, 0.2) is 0 Å². The van der Waals surface area contributed by atoms with Crippen molar-refractivity contribution in [1.29, 1.82) is 0 Å². The third-order valence-electron chi connectivity index (χ3n) is 7.45. The molecule has 8 nitrogen and oxygen atoms in total. The second-order valence-corrected chi connectivity index (χ2v) is 9.82. The van der Waals surface area contributed by atoms with Crippen LogP contribution in [0.5, 0.6) is 11.5 Å². The molecule has 3 aromatic rings. The third-order valence-corrected chi connectivity index (χ3v) is 7.45. The van der Waals surface area contributed by atoms with Gasteiger partial charge < -0.3 is 28.9 Å². The first-order chi connectivity index (χ1) is 20.1. The first-order valence-corrected chi connectivity index (χ1v) is 13.3. The predicted molar refractivity (Wildman–Crippen MR) is 150 cm³/mol. The number of carbonyl (C=O) groups excluding carboxylic acids is 1. The van der Waals surface area contributed by atoms with Gasteiger partial charge in [-0.25, -0.2) is 9.38 Å². The van der Waals surface area contributed by atoms with Crippen LogP contribution in [0, 0.1) is 5.82 Å². The predicted octanol–water partition coefficient (Wildman–Crippen LogP) is 5.80. The molecule has 2 heterocycles. The Hall–Kier alpha value is -4.48. The van der Waals surface area contributed by atoms with Gasteiger partial charge >= 0.3 is 12.1 Å². The molecule has 12 heteroatoms. The van der Waals surface area contributed by atoms with E-state index in [9.17, 15) is 18.0 Å². The number of piperazine rings is 1. The number of fused-ring (bicyclic) bond motifs is 1. The summed E-state index contributed by atoms with van der Waals surface area (Å²) in [6.45, 7) is 1.93. The van der Waals surface area contributed by atoms with Crippen molar-refractivity contribution in [1.82, 2.24) is 4.90 Å². The normalized spacial score (nSPS) is 17.0. The van der Waals surface area contributed by atoms with Crippen molar-refractivity contribution >= 4 is 29.0 Å². The van der Waals surface area contributed by atoms with Gasteiger partial charge in [-0.2, -0.15) is 13.2 Å². The molecule has 0 radical (unpaired) electrons. The number of halogens is 4. The highest BCUT2D eigenvalue weighted by molar-refractivity contribution is 6.02. The third kappa shape index (κ3) is 5.65. The zero-order chi connectivity index (χ0) is 30.0. The van der Waals surface area contributed by atoms with Crippen LogP contribution in [0.3, 0.4) is 0 Å². The van der Waals surface area contributed by atoms with Crippen LogP contribution >= 0.6 is 0 Å². The summed E-state index contributed by atoms with van der Waals surface area (Å²) in [5, 5.41) is 0. The first-order valence-electron chi connectivity index (χ1n) is 13.3. The van der Waals surface area contributed by atoms with Crippen LogP contribution < -0.4 is 19.3 Å². The van der Waals surface area contributed by atoms with Crippen molar-refractivity contribution in [3.8, 4) is 11.5 Å². The number of aliphatic imine (C=N–C) groups is 1. The van der Waals surface area contributed by atoms with E-state index in [0.717, 1.165) is 17.8 Å². The second-order valence-electron chi connectivity index (χ2n) is 9.82. The quantitative estimate of drug-likeness (QED) is 0.267. The smallest absolute Gasteiger partial charge is 0.416 e. The minimum absolute atomic E-state index is 0.0267. The van der Waals surface area contributed by atoms with Gasteiger partial charge in [0.05, 0.1) is 45.0 Å². The van der Waals surface area contributed by atoms with Crippen molar-refractivity contribution in [2.45, 2.75) is 18.6 Å². The van der Waals surface area contributed by atoms with E-state index in [0.29, 0.717) is 37.5 Å². The number of para-hydroxylation sites is 1. The van der Waals surface area contributed by atoms with Crippen molar-refractivity contribution in [2.24, 2.45) is 4.99 Å². The van der Waals surface area contributed by atoms with Gasteiger partial charge in [0.25, 0.3) is 0 Å². The maximum Gasteiger partial charge on any atom is 0.416 e. The SMILES string of the molecule is COC(=O)C[C@@H]1c2cccc(F)c2N=C(N2CCN(c3cccc(OC)c3)CC2)N1c1cc(C(F)(F)F)ccc1OC. The Kier molecular flexibility index (Phi) is 8.15. The number of carbonyl (C=O) groups is 1. The summed E-state index contributed by atoms with van der Waals surface area (Å²) in [6, 6.07) is 14.2. The number of methoxy groups -OCH3 is 3. The van der Waals surface area contributed by atoms with Crippen molar-refractivity contribution in [3.05, 3.63) is 77.6 Å². The standard InChI is InChI=1S/C30H30F4N4O4/c1-40-21-7-4-6-20(17-21)36-12-14-37(15-13-36)29-35-28-22(8-5-9-23(28)31)24(18-27(39)42-3)38(29)25-16-19(30(32,33)34)10-11-26(25)41-2/h4-11,16-17,24H,12-15,18H2,1-3H3/t24-/m1/s1. The largest absolute Gasteiger partial charge is 0.497 e. The van der Waals surface area contributed by atoms with E-state index < -0.39 is 29.6 Å². The van der Waals surface area contributed by atoms with Crippen molar-refractivity contribution in [3.63, 3.8) is 0 Å². The monoisotopic (exact) mass is 586 g/mol. The highest BCUT2D eigenvalue weighted by Crippen LogP contribution is 2.46. The maximum absolute atomic E-state index is 15.2. The zero-order valence-corrected chi connectivity index (χ0v) is 23.3. The van der Waals surface area contributed by atoms with E-state index in [2.05, 4.69) is 9.89 Å². The number of guanidine groups is 1. The Balaban J connectivity index is 1.61. The lowest BCUT2D eigenvalue weighted by molar-refractivity contribution is -0.141. The van der Waals surface area contributed by atoms with Crippen LogP contribution in [-0.2, 0) is 15.7 Å². The van der Waals surface area contributed by atoms with Crippen LogP contribution in [0.2, 0.25) is 0 Å². The highest BCUT2D eigenvalue weighted by Gasteiger charge is 2.40. The summed E-state index contributed by atoms with van der Waals surface area (Å²) in [4.78, 5) is 22.9. The number of hydrogen-bond donors (Lipinski definition) is 0. The number of benzene rings is 3. The van der Waals surface area contributed by atoms with Crippen LogP contribution in [0.1, 0.15) is 23.6 Å². The lowest BCUT2D eigenvalue weighted by atomic mass is 9.96. The van der Waals surface area contributed by atoms with Gasteiger partial charge in [0, 0.05) is 43.5 Å². The molecular weight excluding hydrogens is 556 g/mol. The Morgan fingerprint density at radius 3 is 2.31 bits per heavy atom. The molecule has 2 aliphatic heterocycles. The molecule has 222 valence electrons. The maximum atomic E-state index is 15.2. The molecule has 0 N–H and O–H groups in total. The molecule has 1 saturated heterocycles. The molecule has 42 heavy (non-hydrogen) atoms. The molecule has 3 aromatic carbocycles. The molecule has 1 atom stereocenters. The fourth-order valence-corrected chi connectivity index (χ4v) is 5.32. The number of ether oxygens (including phenoxy) is 3. The zero-order valence-electron chi connectivity index (χ0n) is 23.3. The molecule has 2 aliphatic rings. The number of hydrogen-bond acceptors (Lipinski definition) is 8. The highest BCUT2D eigenvalue weighted by atomic mass is 19.4. The minimum atomic E-state index is -4.64. The van der Waals surface area contributed by atoms with Crippen LogP contribution in [0.15, 0.2) is 65.7 Å². The summed E-state index contributed by atoms with van der Waals surface area (Å²) in [5.74, 6) is -0.155. The first kappa shape index (κ1) is 29.0. The molecule has 0 aliphatic carbocycles. The molecule has 0 bridgehead atoms. The van der Waals surface area contributed by atoms with Crippen LogP contribution in [0.25, 0.3) is 0 Å². The Bertz CT molecular complexity index is 1490. The van der Waals surface area contributed by atoms with Gasteiger partial charge in [-0.05, 0) is 36.4 Å². The Morgan fingerprint density at radius 2 is 1.64 bits per heavy atom. The average molecular weight is 587 g/mol. The lowest BCUT2D eigenvalue weighted by Gasteiger charge is -2.45. The fraction of sp³-hybridized carbons (Fsp3) is 0.333. The number of alkyl halides is 3. The Labute approximate surface area is 240 Å². The summed E-state index contributed by atoms with van der Waals surface area (Å²) in [5.41, 5.74) is 0.473. The van der Waals surface area contributed by atoms with Crippen molar-refractivity contribution in [2.75, 3.05) is 57.3 Å². The van der Waals surface area contributed by atoms with Gasteiger partial charge in [-0.15, -0.1) is 0 Å². The van der Waals surface area contributed by atoms with Crippen LogP contribution in [0.4, 0.5) is 34.6 Å². The van der Waals surface area contributed by atoms with E-state index in [4.69, 9.17) is 14.2 Å². The second kappa shape index (κ2) is 11.8. The number of anilines is 2. The summed E-state index contributed by atoms with van der Waals surface area (Å²) in [6.07, 6.45) is -4.91. The van der Waals surface area contributed by atoms with E-state index in [1.807, 2.05) is 29.2 Å². The molecule has 0 aromatic heterocycles. The lowest BCUT2D eigenvalue weighted by Crippen LogP contribution is -2.55. The summed E-state index contributed by atoms with van der Waals surface area (Å²) < 4.78 is 72.7. The molecule has 0 spiro atoms. The van der Waals surface area contributed by atoms with E-state index in [1.54, 1.807) is 13.2 Å². The molecule has 1 fully saturated rings. The van der Waals surface area contributed by atoms with E-state index >= 15 is 4.39 Å². The molecule has 0 saturated carbocycles. The topological polar surface area (TPSA) is 66.8 Å². The number of esters is 1. The fourth-order valence-electron chi connectivity index (χ4n) is 5.32. The van der Waals surface area contributed by atoms with E-state index in [1.165, 1.54) is 37.3 Å². The van der Waals surface area contributed by atoms with Crippen molar-refractivity contribution < 1.29 is 36.6 Å². The van der Waals surface area contributed by atoms with Crippen LogP contribution in [-0.4, -0.2) is 64.3 Å². The van der Waals surface area contributed by atoms with Gasteiger partial charge in [-0.1, -0.05) is 18.2 Å². The van der Waals surface area contributed by atoms with E-state index in [-0.39, 0.29) is 29.5 Å². The van der Waals surface area contributed by atoms with Gasteiger partial charge in [0.2, 0.25) is 5.96 Å². The number of nitrogens with zero attached hydrogens (tertiary/aromatic N) is 4. The molecular formula is C30H30F4N4O4. The average Bonchev–Trinajstić information content (AvgIpc) is 3.00. The summed E-state index contributed by atoms with van der Waals surface area (Å²) in [7, 11) is 4.17.